The third-order valence-corrected chi connectivity index (χ3v) is 10.1. The van der Waals surface area contributed by atoms with Gasteiger partial charge in [-0.2, -0.15) is 0 Å². The van der Waals surface area contributed by atoms with Crippen LogP contribution in [0.3, 0.4) is 0 Å². The maximum absolute atomic E-state index is 6.45. The van der Waals surface area contributed by atoms with E-state index in [4.69, 9.17) is 4.42 Å². The van der Waals surface area contributed by atoms with Crippen LogP contribution in [-0.2, 0) is 0 Å². The van der Waals surface area contributed by atoms with Crippen molar-refractivity contribution >= 4 is 76.0 Å². The summed E-state index contributed by atoms with van der Waals surface area (Å²) in [6, 6.07) is 47.6. The van der Waals surface area contributed by atoms with Gasteiger partial charge < -0.3 is 9.73 Å². The lowest BCUT2D eigenvalue weighted by Crippen LogP contribution is -1.95. The lowest BCUT2D eigenvalue weighted by molar-refractivity contribution is 0.669. The SMILES string of the molecule is C1=C(c2ccccc2)C=C(c2cccc3oc4cccc(Nc5cccc(-c6ccc7c(c6)sc6ccccc67)c5)c4c23)CC1. The van der Waals surface area contributed by atoms with Crippen molar-refractivity contribution in [3.63, 3.8) is 0 Å². The molecule has 8 aromatic rings. The predicted molar refractivity (Wildman–Crippen MR) is 193 cm³/mol. The second-order valence-corrected chi connectivity index (χ2v) is 12.8. The number of fused-ring (bicyclic) bond motifs is 6. The third kappa shape index (κ3) is 4.56. The molecule has 0 radical (unpaired) electrons. The smallest absolute Gasteiger partial charge is 0.137 e. The summed E-state index contributed by atoms with van der Waals surface area (Å²) in [6.45, 7) is 0. The summed E-state index contributed by atoms with van der Waals surface area (Å²) in [4.78, 5) is 0. The minimum atomic E-state index is 0.893. The molecular weight excluding hydrogens is 567 g/mol. The molecule has 0 saturated heterocycles. The van der Waals surface area contributed by atoms with E-state index < -0.39 is 0 Å². The Bertz CT molecular complexity index is 2460. The van der Waals surface area contributed by atoms with Gasteiger partial charge in [0.2, 0.25) is 0 Å². The summed E-state index contributed by atoms with van der Waals surface area (Å²) >= 11 is 1.86. The summed E-state index contributed by atoms with van der Waals surface area (Å²) < 4.78 is 9.10. The van der Waals surface area contributed by atoms with Gasteiger partial charge in [-0.3, -0.25) is 0 Å². The van der Waals surface area contributed by atoms with Crippen molar-refractivity contribution in [2.24, 2.45) is 0 Å². The summed E-state index contributed by atoms with van der Waals surface area (Å²) in [5.41, 5.74) is 11.4. The van der Waals surface area contributed by atoms with E-state index in [2.05, 4.69) is 151 Å². The predicted octanol–water partition coefficient (Wildman–Crippen LogP) is 12.6. The van der Waals surface area contributed by atoms with E-state index in [0.29, 0.717) is 0 Å². The Labute approximate surface area is 265 Å². The molecule has 0 saturated carbocycles. The van der Waals surface area contributed by atoms with Gasteiger partial charge in [-0.15, -0.1) is 11.3 Å². The summed E-state index contributed by atoms with van der Waals surface area (Å²) in [5.74, 6) is 0. The van der Waals surface area contributed by atoms with Crippen LogP contribution in [-0.4, -0.2) is 0 Å². The van der Waals surface area contributed by atoms with Gasteiger partial charge in [0, 0.05) is 31.2 Å². The fourth-order valence-electron chi connectivity index (χ4n) is 6.82. The van der Waals surface area contributed by atoms with Crippen LogP contribution in [0.25, 0.3) is 64.4 Å². The first kappa shape index (κ1) is 26.1. The fraction of sp³-hybridized carbons (Fsp3) is 0.0476. The van der Waals surface area contributed by atoms with E-state index in [-0.39, 0.29) is 0 Å². The van der Waals surface area contributed by atoms with Crippen molar-refractivity contribution in [2.75, 3.05) is 5.32 Å². The molecule has 2 aromatic heterocycles. The molecule has 0 amide bonds. The van der Waals surface area contributed by atoms with E-state index in [1.54, 1.807) is 0 Å². The number of thiophene rings is 1. The zero-order valence-corrected chi connectivity index (χ0v) is 25.4. The molecule has 214 valence electrons. The van der Waals surface area contributed by atoms with Crippen molar-refractivity contribution < 1.29 is 4.42 Å². The van der Waals surface area contributed by atoms with Gasteiger partial charge in [0.1, 0.15) is 11.2 Å². The highest BCUT2D eigenvalue weighted by Crippen LogP contribution is 2.42. The van der Waals surface area contributed by atoms with Gasteiger partial charge in [-0.05, 0) is 88.7 Å². The van der Waals surface area contributed by atoms with Gasteiger partial charge in [-0.25, -0.2) is 0 Å². The standard InChI is InChI=1S/C42H29NOS/c1-2-10-27(11-3-1)28-12-6-14-31(24-28)33-17-8-19-37-41(33)42-36(18-9-20-38(42)44-37)43-32-15-7-13-29(25-32)30-22-23-35-34-16-4-5-21-39(34)45-40(35)26-30/h1-5,7-13,15-26,43H,6,14H2. The van der Waals surface area contributed by atoms with Crippen LogP contribution < -0.4 is 5.32 Å². The first-order valence-electron chi connectivity index (χ1n) is 15.5. The van der Waals surface area contributed by atoms with E-state index >= 15 is 0 Å². The van der Waals surface area contributed by atoms with E-state index in [1.807, 2.05) is 11.3 Å². The topological polar surface area (TPSA) is 25.2 Å². The first-order valence-corrected chi connectivity index (χ1v) is 16.3. The average Bonchev–Trinajstić information content (AvgIpc) is 3.67. The van der Waals surface area contributed by atoms with E-state index in [0.717, 1.165) is 40.8 Å². The van der Waals surface area contributed by atoms with Gasteiger partial charge in [0.25, 0.3) is 0 Å². The Hall–Kier alpha value is -5.38. The molecule has 0 bridgehead atoms. The van der Waals surface area contributed by atoms with Crippen molar-refractivity contribution in [1.29, 1.82) is 0 Å². The quantitative estimate of drug-likeness (QED) is 0.214. The number of nitrogens with one attached hydrogen (secondary N) is 1. The molecular formula is C42H29NOS. The number of anilines is 2. The maximum Gasteiger partial charge on any atom is 0.137 e. The molecule has 0 aliphatic heterocycles. The molecule has 1 N–H and O–H groups in total. The Balaban J connectivity index is 1.12. The van der Waals surface area contributed by atoms with Gasteiger partial charge >= 0.3 is 0 Å². The van der Waals surface area contributed by atoms with Crippen LogP contribution in [0.5, 0.6) is 0 Å². The number of benzene rings is 6. The van der Waals surface area contributed by atoms with Gasteiger partial charge in [-0.1, -0.05) is 103 Å². The molecule has 45 heavy (non-hydrogen) atoms. The molecule has 0 unspecified atom stereocenters. The summed E-state index contributed by atoms with van der Waals surface area (Å²) in [5, 5.41) is 8.71. The molecule has 6 aromatic carbocycles. The first-order chi connectivity index (χ1) is 22.3. The van der Waals surface area contributed by atoms with Crippen molar-refractivity contribution in [3.8, 4) is 11.1 Å². The molecule has 1 aliphatic carbocycles. The molecule has 0 atom stereocenters. The Morgan fingerprint density at radius 2 is 1.33 bits per heavy atom. The highest BCUT2D eigenvalue weighted by atomic mass is 32.1. The molecule has 9 rings (SSSR count). The Morgan fingerprint density at radius 1 is 0.578 bits per heavy atom. The minimum Gasteiger partial charge on any atom is -0.456 e. The van der Waals surface area contributed by atoms with Crippen LogP contribution in [0, 0.1) is 0 Å². The molecule has 1 aliphatic rings. The number of hydrogen-bond acceptors (Lipinski definition) is 3. The van der Waals surface area contributed by atoms with Gasteiger partial charge in [0.15, 0.2) is 0 Å². The van der Waals surface area contributed by atoms with Crippen LogP contribution in [0.4, 0.5) is 11.4 Å². The largest absolute Gasteiger partial charge is 0.456 e. The highest BCUT2D eigenvalue weighted by Gasteiger charge is 2.18. The second kappa shape index (κ2) is 10.7. The van der Waals surface area contributed by atoms with Crippen LogP contribution in [0.2, 0.25) is 0 Å². The van der Waals surface area contributed by atoms with Crippen molar-refractivity contribution in [3.05, 3.63) is 157 Å². The monoisotopic (exact) mass is 595 g/mol. The minimum absolute atomic E-state index is 0.893. The zero-order valence-electron chi connectivity index (χ0n) is 24.6. The molecule has 2 nitrogen and oxygen atoms in total. The highest BCUT2D eigenvalue weighted by molar-refractivity contribution is 7.25. The van der Waals surface area contributed by atoms with Crippen molar-refractivity contribution in [2.45, 2.75) is 12.8 Å². The van der Waals surface area contributed by atoms with Gasteiger partial charge in [0.05, 0.1) is 11.1 Å². The normalized spacial score (nSPS) is 13.4. The number of furan rings is 1. The van der Waals surface area contributed by atoms with E-state index in [1.165, 1.54) is 59.0 Å². The van der Waals surface area contributed by atoms with Crippen LogP contribution in [0.15, 0.2) is 150 Å². The molecule has 3 heteroatoms. The molecule has 0 spiro atoms. The maximum atomic E-state index is 6.45. The second-order valence-electron chi connectivity index (χ2n) is 11.7. The number of hydrogen-bond donors (Lipinski definition) is 1. The fourth-order valence-corrected chi connectivity index (χ4v) is 7.97. The lowest BCUT2D eigenvalue weighted by Gasteiger charge is -2.16. The zero-order chi connectivity index (χ0) is 29.7. The van der Waals surface area contributed by atoms with E-state index in [9.17, 15) is 0 Å². The van der Waals surface area contributed by atoms with Crippen LogP contribution >= 0.6 is 11.3 Å². The summed E-state index contributed by atoms with van der Waals surface area (Å²) in [6.07, 6.45) is 6.74. The van der Waals surface area contributed by atoms with Crippen LogP contribution in [0.1, 0.15) is 24.0 Å². The Kier molecular flexibility index (Phi) is 6.17. The lowest BCUT2D eigenvalue weighted by atomic mass is 9.88. The molecule has 0 fully saturated rings. The number of rotatable bonds is 5. The van der Waals surface area contributed by atoms with Crippen molar-refractivity contribution in [1.82, 2.24) is 0 Å². The molecule has 2 heterocycles. The number of allylic oxidation sites excluding steroid dienone is 4. The average molecular weight is 596 g/mol. The Morgan fingerprint density at radius 3 is 2.27 bits per heavy atom. The third-order valence-electron chi connectivity index (χ3n) is 8.94. The summed E-state index contributed by atoms with van der Waals surface area (Å²) in [7, 11) is 0.